The molecule has 1 atom stereocenters. The Kier molecular flexibility index (Phi) is 9.18. The molecule has 0 aromatic heterocycles. The van der Waals surface area contributed by atoms with Crippen molar-refractivity contribution in [1.82, 2.24) is 5.32 Å². The van der Waals surface area contributed by atoms with Crippen LogP contribution in [0, 0.1) is 3.57 Å². The van der Waals surface area contributed by atoms with E-state index in [0.717, 1.165) is 0 Å². The molecule has 0 radical (unpaired) electrons. The van der Waals surface area contributed by atoms with Crippen LogP contribution in [0.2, 0.25) is 0 Å². The van der Waals surface area contributed by atoms with Crippen LogP contribution in [-0.4, -0.2) is 23.6 Å². The van der Waals surface area contributed by atoms with Gasteiger partial charge in [-0.25, -0.2) is 4.79 Å². The highest BCUT2D eigenvalue weighted by Crippen LogP contribution is 2.01. The monoisotopic (exact) mass is 397 g/mol. The van der Waals surface area contributed by atoms with E-state index in [2.05, 4.69) is 40.0 Å². The zero-order valence-corrected chi connectivity index (χ0v) is 14.7. The van der Waals surface area contributed by atoms with Crippen molar-refractivity contribution >= 4 is 40.3 Å². The van der Waals surface area contributed by atoms with E-state index in [0.29, 0.717) is 5.88 Å². The molecular weight excluding hydrogens is 377 g/mol. The number of carbonyl (C=O) groups is 1. The van der Waals surface area contributed by atoms with Gasteiger partial charge in [-0.3, -0.25) is 0 Å². The van der Waals surface area contributed by atoms with Crippen LogP contribution in [0.5, 0.6) is 0 Å². The minimum absolute atomic E-state index is 0.242. The van der Waals surface area contributed by atoms with Gasteiger partial charge in [0.2, 0.25) is 0 Å². The Labute approximate surface area is 134 Å². The van der Waals surface area contributed by atoms with E-state index >= 15 is 0 Å². The fourth-order valence-corrected chi connectivity index (χ4v) is 1.44. The molecule has 1 amide bonds. The predicted octanol–water partition coefficient (Wildman–Crippen LogP) is 4.43. The summed E-state index contributed by atoms with van der Waals surface area (Å²) in [5.74, 6) is 0.317. The lowest BCUT2D eigenvalue weighted by Crippen LogP contribution is -2.42. The summed E-state index contributed by atoms with van der Waals surface area (Å²) in [6.45, 7) is 7.41. The molecule has 19 heavy (non-hydrogen) atoms. The number of alkyl halides is 1. The molecule has 0 spiro atoms. The van der Waals surface area contributed by atoms with Gasteiger partial charge < -0.3 is 10.1 Å². The van der Waals surface area contributed by atoms with Crippen LogP contribution in [0.1, 0.15) is 27.7 Å². The van der Waals surface area contributed by atoms with E-state index in [-0.39, 0.29) is 11.6 Å². The third kappa shape index (κ3) is 12.3. The quantitative estimate of drug-likeness (QED) is 0.592. The van der Waals surface area contributed by atoms with Gasteiger partial charge >= 0.3 is 6.09 Å². The SMILES string of the molecule is C[C@H](CCl)OC(=O)NC(C)(C)C.Ic1ccccc1. The maximum atomic E-state index is 11.0. The van der Waals surface area contributed by atoms with E-state index in [4.69, 9.17) is 16.3 Å². The molecule has 0 bridgehead atoms. The number of amides is 1. The number of alkyl carbamates (subject to hydrolysis) is 1. The average molecular weight is 398 g/mol. The molecule has 1 rings (SSSR count). The molecule has 0 saturated carbocycles. The average Bonchev–Trinajstić information content (AvgIpc) is 2.28. The van der Waals surface area contributed by atoms with Crippen molar-refractivity contribution in [2.24, 2.45) is 0 Å². The fourth-order valence-electron chi connectivity index (χ4n) is 0.965. The standard InChI is InChI=1S/C8H16ClNO2.C6H5I/c1-6(5-9)12-7(11)10-8(2,3)4;7-6-4-2-1-3-5-6/h6H,5H2,1-4H3,(H,10,11);1-5H/t6-;/m1./s1. The van der Waals surface area contributed by atoms with Gasteiger partial charge in [0.25, 0.3) is 0 Å². The Balaban J connectivity index is 0.000000388. The maximum absolute atomic E-state index is 11.0. The predicted molar refractivity (Wildman–Crippen MR) is 88.7 cm³/mol. The van der Waals surface area contributed by atoms with E-state index in [1.54, 1.807) is 6.92 Å². The van der Waals surface area contributed by atoms with E-state index in [1.165, 1.54) is 3.57 Å². The summed E-state index contributed by atoms with van der Waals surface area (Å²) in [5, 5.41) is 2.66. The van der Waals surface area contributed by atoms with Gasteiger partial charge in [0.15, 0.2) is 0 Å². The summed E-state index contributed by atoms with van der Waals surface area (Å²) >= 11 is 7.74. The lowest BCUT2D eigenvalue weighted by molar-refractivity contribution is 0.110. The first-order valence-electron chi connectivity index (χ1n) is 6.00. The molecule has 5 heteroatoms. The van der Waals surface area contributed by atoms with Crippen LogP contribution in [0.4, 0.5) is 4.79 Å². The topological polar surface area (TPSA) is 38.3 Å². The van der Waals surface area contributed by atoms with Gasteiger partial charge in [-0.2, -0.15) is 0 Å². The van der Waals surface area contributed by atoms with Crippen molar-refractivity contribution in [3.05, 3.63) is 33.9 Å². The molecule has 0 aliphatic heterocycles. The summed E-state index contributed by atoms with van der Waals surface area (Å²) in [5.41, 5.74) is -0.261. The highest BCUT2D eigenvalue weighted by molar-refractivity contribution is 14.1. The van der Waals surface area contributed by atoms with Gasteiger partial charge in [-0.1, -0.05) is 18.2 Å². The number of nitrogens with one attached hydrogen (secondary N) is 1. The minimum Gasteiger partial charge on any atom is -0.445 e. The molecule has 0 saturated heterocycles. The number of ether oxygens (including phenoxy) is 1. The Hall–Kier alpha value is -0.490. The van der Waals surface area contributed by atoms with Gasteiger partial charge in [0.1, 0.15) is 6.10 Å². The summed E-state index contributed by atoms with van der Waals surface area (Å²) in [7, 11) is 0. The van der Waals surface area contributed by atoms with Crippen LogP contribution < -0.4 is 5.32 Å². The Bertz CT molecular complexity index is 365. The molecule has 0 unspecified atom stereocenters. The Morgan fingerprint density at radius 3 is 2.21 bits per heavy atom. The van der Waals surface area contributed by atoms with Gasteiger partial charge in [-0.05, 0) is 62.4 Å². The second kappa shape index (κ2) is 9.42. The number of halogens is 2. The third-order valence-electron chi connectivity index (χ3n) is 1.74. The zero-order valence-electron chi connectivity index (χ0n) is 11.7. The zero-order chi connectivity index (χ0) is 14.9. The summed E-state index contributed by atoms with van der Waals surface area (Å²) in [6, 6.07) is 10.2. The van der Waals surface area contributed by atoms with Crippen molar-refractivity contribution in [3.63, 3.8) is 0 Å². The van der Waals surface area contributed by atoms with Crippen LogP contribution >= 0.6 is 34.2 Å². The molecule has 3 nitrogen and oxygen atoms in total. The summed E-state index contributed by atoms with van der Waals surface area (Å²) in [4.78, 5) is 11.0. The van der Waals surface area contributed by atoms with Crippen molar-refractivity contribution in [2.45, 2.75) is 39.3 Å². The summed E-state index contributed by atoms with van der Waals surface area (Å²) in [6.07, 6.45) is -0.662. The molecule has 0 aliphatic rings. The Morgan fingerprint density at radius 2 is 1.89 bits per heavy atom. The molecule has 0 heterocycles. The molecule has 1 N–H and O–H groups in total. The van der Waals surface area contributed by atoms with Crippen molar-refractivity contribution < 1.29 is 9.53 Å². The highest BCUT2D eigenvalue weighted by atomic mass is 127. The van der Waals surface area contributed by atoms with Crippen molar-refractivity contribution in [3.8, 4) is 0 Å². The number of benzene rings is 1. The largest absolute Gasteiger partial charge is 0.445 e. The number of rotatable bonds is 2. The van der Waals surface area contributed by atoms with E-state index in [1.807, 2.05) is 39.0 Å². The number of hydrogen-bond donors (Lipinski definition) is 1. The highest BCUT2D eigenvalue weighted by Gasteiger charge is 2.16. The minimum atomic E-state index is -0.421. The van der Waals surface area contributed by atoms with Crippen molar-refractivity contribution in [1.29, 1.82) is 0 Å². The first-order chi connectivity index (χ1) is 8.74. The molecule has 1 aromatic rings. The van der Waals surface area contributed by atoms with Gasteiger partial charge in [0, 0.05) is 9.11 Å². The first kappa shape index (κ1) is 18.5. The van der Waals surface area contributed by atoms with Crippen LogP contribution in [0.3, 0.4) is 0 Å². The number of hydrogen-bond acceptors (Lipinski definition) is 2. The van der Waals surface area contributed by atoms with Gasteiger partial charge in [0.05, 0.1) is 5.88 Å². The van der Waals surface area contributed by atoms with Crippen LogP contribution in [0.25, 0.3) is 0 Å². The lowest BCUT2D eigenvalue weighted by atomic mass is 10.1. The lowest BCUT2D eigenvalue weighted by Gasteiger charge is -2.21. The van der Waals surface area contributed by atoms with Crippen LogP contribution in [-0.2, 0) is 4.74 Å². The van der Waals surface area contributed by atoms with Gasteiger partial charge in [-0.15, -0.1) is 11.6 Å². The normalized spacial score (nSPS) is 11.9. The molecular formula is C14H21ClINO2. The molecule has 0 fully saturated rings. The molecule has 108 valence electrons. The fraction of sp³-hybridized carbons (Fsp3) is 0.500. The van der Waals surface area contributed by atoms with E-state index in [9.17, 15) is 4.79 Å². The number of carbonyl (C=O) groups excluding carboxylic acids is 1. The molecule has 0 aliphatic carbocycles. The Morgan fingerprint density at radius 1 is 1.37 bits per heavy atom. The summed E-state index contributed by atoms with van der Waals surface area (Å²) < 4.78 is 6.19. The third-order valence-corrected chi connectivity index (χ3v) is 2.89. The smallest absolute Gasteiger partial charge is 0.407 e. The van der Waals surface area contributed by atoms with Crippen molar-refractivity contribution in [2.75, 3.05) is 5.88 Å². The first-order valence-corrected chi connectivity index (χ1v) is 7.61. The molecule has 1 aromatic carbocycles. The van der Waals surface area contributed by atoms with E-state index < -0.39 is 6.09 Å². The maximum Gasteiger partial charge on any atom is 0.407 e. The second-order valence-electron chi connectivity index (χ2n) is 5.04. The van der Waals surface area contributed by atoms with Crippen LogP contribution in [0.15, 0.2) is 30.3 Å². The second-order valence-corrected chi connectivity index (χ2v) is 6.60.